The zero-order valence-electron chi connectivity index (χ0n) is 12.5. The molecule has 1 heterocycles. The van der Waals surface area contributed by atoms with E-state index >= 15 is 0 Å². The number of amides is 1. The Hall–Kier alpha value is -3.02. The van der Waals surface area contributed by atoms with E-state index < -0.39 is 11.9 Å². The quantitative estimate of drug-likeness (QED) is 0.878. The Kier molecular flexibility index (Phi) is 4.14. The maximum absolute atomic E-state index is 11.9. The molecular formula is C17H15NO5. The van der Waals surface area contributed by atoms with E-state index in [9.17, 15) is 9.59 Å². The number of carbonyl (C=O) groups excluding carboxylic acids is 2. The van der Waals surface area contributed by atoms with Crippen molar-refractivity contribution < 1.29 is 23.8 Å². The third kappa shape index (κ3) is 3.60. The molecule has 0 saturated heterocycles. The minimum atomic E-state index is -0.533. The van der Waals surface area contributed by atoms with E-state index in [-0.39, 0.29) is 13.4 Å². The van der Waals surface area contributed by atoms with Gasteiger partial charge in [-0.2, -0.15) is 0 Å². The number of fused-ring (bicyclic) bond motifs is 1. The van der Waals surface area contributed by atoms with E-state index in [1.807, 2.05) is 13.0 Å². The highest BCUT2D eigenvalue weighted by Gasteiger charge is 2.15. The van der Waals surface area contributed by atoms with Crippen LogP contribution in [-0.2, 0) is 9.53 Å². The van der Waals surface area contributed by atoms with Crippen molar-refractivity contribution in [3.05, 3.63) is 53.6 Å². The Morgan fingerprint density at radius 2 is 1.96 bits per heavy atom. The molecule has 118 valence electrons. The van der Waals surface area contributed by atoms with Crippen molar-refractivity contribution in [3.63, 3.8) is 0 Å². The molecule has 3 rings (SSSR count). The number of carbonyl (C=O) groups is 2. The summed E-state index contributed by atoms with van der Waals surface area (Å²) >= 11 is 0. The third-order valence-corrected chi connectivity index (χ3v) is 3.24. The molecule has 1 aliphatic rings. The molecule has 23 heavy (non-hydrogen) atoms. The topological polar surface area (TPSA) is 73.9 Å². The molecule has 0 radical (unpaired) electrons. The number of rotatable bonds is 4. The SMILES string of the molecule is Cc1cccc(C(=O)OCC(=O)Nc2ccc3c(c2)OCO3)c1. The summed E-state index contributed by atoms with van der Waals surface area (Å²) in [6, 6.07) is 12.0. The molecule has 0 atom stereocenters. The first-order valence-electron chi connectivity index (χ1n) is 7.05. The van der Waals surface area contributed by atoms with Crippen LogP contribution in [-0.4, -0.2) is 25.3 Å². The van der Waals surface area contributed by atoms with E-state index in [4.69, 9.17) is 14.2 Å². The van der Waals surface area contributed by atoms with E-state index in [2.05, 4.69) is 5.32 Å². The third-order valence-electron chi connectivity index (χ3n) is 3.24. The summed E-state index contributed by atoms with van der Waals surface area (Å²) < 4.78 is 15.4. The minimum absolute atomic E-state index is 0.167. The largest absolute Gasteiger partial charge is 0.454 e. The monoisotopic (exact) mass is 313 g/mol. The first-order valence-corrected chi connectivity index (χ1v) is 7.05. The molecule has 0 saturated carbocycles. The van der Waals surface area contributed by atoms with Crippen molar-refractivity contribution in [1.82, 2.24) is 0 Å². The second-order valence-electron chi connectivity index (χ2n) is 5.06. The lowest BCUT2D eigenvalue weighted by molar-refractivity contribution is -0.119. The van der Waals surface area contributed by atoms with Crippen LogP contribution in [0, 0.1) is 6.92 Å². The van der Waals surface area contributed by atoms with E-state index in [1.165, 1.54) is 0 Å². The highest BCUT2D eigenvalue weighted by molar-refractivity contribution is 5.95. The highest BCUT2D eigenvalue weighted by Crippen LogP contribution is 2.34. The fourth-order valence-electron chi connectivity index (χ4n) is 2.16. The number of hydrogen-bond acceptors (Lipinski definition) is 5. The van der Waals surface area contributed by atoms with Gasteiger partial charge in [-0.15, -0.1) is 0 Å². The lowest BCUT2D eigenvalue weighted by atomic mass is 10.1. The second-order valence-corrected chi connectivity index (χ2v) is 5.06. The summed E-state index contributed by atoms with van der Waals surface area (Å²) in [4.78, 5) is 23.7. The van der Waals surface area contributed by atoms with Crippen molar-refractivity contribution in [2.24, 2.45) is 0 Å². The number of esters is 1. The van der Waals surface area contributed by atoms with Gasteiger partial charge in [-0.25, -0.2) is 4.79 Å². The number of hydrogen-bond donors (Lipinski definition) is 1. The lowest BCUT2D eigenvalue weighted by Gasteiger charge is -2.07. The molecule has 0 aliphatic carbocycles. The normalized spacial score (nSPS) is 11.9. The molecule has 0 unspecified atom stereocenters. The van der Waals surface area contributed by atoms with Gasteiger partial charge >= 0.3 is 5.97 Å². The molecule has 0 fully saturated rings. The molecule has 1 aliphatic heterocycles. The van der Waals surface area contributed by atoms with Crippen molar-refractivity contribution in [2.45, 2.75) is 6.92 Å². The summed E-state index contributed by atoms with van der Waals surface area (Å²) in [7, 11) is 0. The van der Waals surface area contributed by atoms with Crippen LogP contribution in [0.3, 0.4) is 0 Å². The Balaban J connectivity index is 1.54. The number of anilines is 1. The van der Waals surface area contributed by atoms with Gasteiger partial charge in [-0.3, -0.25) is 4.79 Å². The second kappa shape index (κ2) is 6.39. The molecule has 0 aromatic heterocycles. The van der Waals surface area contributed by atoms with Crippen molar-refractivity contribution in [2.75, 3.05) is 18.7 Å². The average Bonchev–Trinajstić information content (AvgIpc) is 3.00. The maximum atomic E-state index is 11.9. The van der Waals surface area contributed by atoms with Gasteiger partial charge in [0.2, 0.25) is 6.79 Å². The molecule has 6 nitrogen and oxygen atoms in total. The predicted octanol–water partition coefficient (Wildman–Crippen LogP) is 2.52. The Morgan fingerprint density at radius 1 is 1.13 bits per heavy atom. The van der Waals surface area contributed by atoms with Crippen LogP contribution >= 0.6 is 0 Å². The molecule has 1 amide bonds. The van der Waals surface area contributed by atoms with Crippen molar-refractivity contribution in [1.29, 1.82) is 0 Å². The average molecular weight is 313 g/mol. The Morgan fingerprint density at radius 3 is 2.78 bits per heavy atom. The number of benzene rings is 2. The molecule has 1 N–H and O–H groups in total. The van der Waals surface area contributed by atoms with Crippen LogP contribution in [0.5, 0.6) is 11.5 Å². The molecular weight excluding hydrogens is 298 g/mol. The van der Waals surface area contributed by atoms with Gasteiger partial charge in [0.15, 0.2) is 18.1 Å². The zero-order valence-corrected chi connectivity index (χ0v) is 12.5. The lowest BCUT2D eigenvalue weighted by Crippen LogP contribution is -2.20. The fraction of sp³-hybridized carbons (Fsp3) is 0.176. The first-order chi connectivity index (χ1) is 11.1. The Labute approximate surface area is 133 Å². The van der Waals surface area contributed by atoms with Crippen LogP contribution in [0.1, 0.15) is 15.9 Å². The smallest absolute Gasteiger partial charge is 0.338 e. The predicted molar refractivity (Wildman–Crippen MR) is 82.7 cm³/mol. The van der Waals surface area contributed by atoms with Crippen LogP contribution in [0.25, 0.3) is 0 Å². The molecule has 0 bridgehead atoms. The van der Waals surface area contributed by atoms with Crippen LogP contribution < -0.4 is 14.8 Å². The Bertz CT molecular complexity index is 756. The fourth-order valence-corrected chi connectivity index (χ4v) is 2.16. The summed E-state index contributed by atoms with van der Waals surface area (Å²) in [5.41, 5.74) is 1.91. The van der Waals surface area contributed by atoms with Crippen LogP contribution in [0.2, 0.25) is 0 Å². The summed E-state index contributed by atoms with van der Waals surface area (Å²) in [5, 5.41) is 2.64. The number of ether oxygens (including phenoxy) is 3. The summed E-state index contributed by atoms with van der Waals surface area (Å²) in [5.74, 6) is 0.243. The van der Waals surface area contributed by atoms with Crippen molar-refractivity contribution in [3.8, 4) is 11.5 Å². The van der Waals surface area contributed by atoms with E-state index in [0.29, 0.717) is 22.7 Å². The van der Waals surface area contributed by atoms with Gasteiger partial charge in [0.25, 0.3) is 5.91 Å². The molecule has 2 aromatic carbocycles. The zero-order chi connectivity index (χ0) is 16.2. The van der Waals surface area contributed by atoms with E-state index in [1.54, 1.807) is 36.4 Å². The van der Waals surface area contributed by atoms with Gasteiger partial charge in [-0.05, 0) is 31.2 Å². The van der Waals surface area contributed by atoms with Gasteiger partial charge in [0.05, 0.1) is 5.56 Å². The van der Waals surface area contributed by atoms with Crippen molar-refractivity contribution >= 4 is 17.6 Å². The first kappa shape index (κ1) is 14.9. The minimum Gasteiger partial charge on any atom is -0.454 e. The van der Waals surface area contributed by atoms with E-state index in [0.717, 1.165) is 5.56 Å². The van der Waals surface area contributed by atoms with Gasteiger partial charge < -0.3 is 19.5 Å². The molecule has 2 aromatic rings. The highest BCUT2D eigenvalue weighted by atomic mass is 16.7. The van der Waals surface area contributed by atoms with Gasteiger partial charge in [0.1, 0.15) is 0 Å². The van der Waals surface area contributed by atoms with Gasteiger partial charge in [-0.1, -0.05) is 17.7 Å². The molecule has 6 heteroatoms. The standard InChI is InChI=1S/C17H15NO5/c1-11-3-2-4-12(7-11)17(20)21-9-16(19)18-13-5-6-14-15(8-13)23-10-22-14/h2-8H,9-10H2,1H3,(H,18,19). The van der Waals surface area contributed by atoms with Gasteiger partial charge in [0, 0.05) is 11.8 Å². The number of nitrogens with one attached hydrogen (secondary N) is 1. The van der Waals surface area contributed by atoms with Crippen LogP contribution in [0.4, 0.5) is 5.69 Å². The summed E-state index contributed by atoms with van der Waals surface area (Å²) in [6.45, 7) is 1.69. The van der Waals surface area contributed by atoms with Crippen LogP contribution in [0.15, 0.2) is 42.5 Å². The summed E-state index contributed by atoms with van der Waals surface area (Å²) in [6.07, 6.45) is 0. The number of aryl methyl sites for hydroxylation is 1. The molecule has 0 spiro atoms. The maximum Gasteiger partial charge on any atom is 0.338 e.